The highest BCUT2D eigenvalue weighted by Gasteiger charge is 2.26. The summed E-state index contributed by atoms with van der Waals surface area (Å²) >= 11 is 0. The number of hydrogen-bond acceptors (Lipinski definition) is 4. The second kappa shape index (κ2) is 10.7. The van der Waals surface area contributed by atoms with Gasteiger partial charge in [-0.3, -0.25) is 9.59 Å². The number of benzene rings is 2. The van der Waals surface area contributed by atoms with Crippen LogP contribution in [0.5, 0.6) is 0 Å². The number of nitrogens with one attached hydrogen (secondary N) is 2. The molecule has 1 atom stereocenters. The molecule has 2 aromatic carbocycles. The van der Waals surface area contributed by atoms with E-state index in [0.717, 1.165) is 11.1 Å². The van der Waals surface area contributed by atoms with Gasteiger partial charge in [-0.1, -0.05) is 39.8 Å². The largest absolute Gasteiger partial charge is 0.340 e. The van der Waals surface area contributed by atoms with Crippen molar-refractivity contribution in [2.75, 3.05) is 18.4 Å². The smallest absolute Gasteiger partial charge is 0.251 e. The Hall–Kier alpha value is -2.71. The van der Waals surface area contributed by atoms with Crippen LogP contribution in [0, 0.1) is 19.8 Å². The van der Waals surface area contributed by atoms with Gasteiger partial charge in [-0.15, -0.1) is 0 Å². The zero-order valence-corrected chi connectivity index (χ0v) is 20.4. The third-order valence-corrected chi connectivity index (χ3v) is 7.21. The van der Waals surface area contributed by atoms with Crippen LogP contribution in [0.25, 0.3) is 0 Å². The van der Waals surface area contributed by atoms with Crippen LogP contribution in [0.15, 0.2) is 47.4 Å². The predicted molar refractivity (Wildman–Crippen MR) is 127 cm³/mol. The first-order chi connectivity index (χ1) is 15.0. The van der Waals surface area contributed by atoms with Gasteiger partial charge in [-0.05, 0) is 61.2 Å². The molecule has 1 unspecified atom stereocenters. The second-order valence-corrected chi connectivity index (χ2v) is 10.1. The van der Waals surface area contributed by atoms with E-state index in [1.165, 1.54) is 28.6 Å². The van der Waals surface area contributed by atoms with Crippen molar-refractivity contribution in [2.24, 2.45) is 5.92 Å². The number of amides is 2. The van der Waals surface area contributed by atoms with Gasteiger partial charge in [-0.25, -0.2) is 8.42 Å². The molecule has 0 radical (unpaired) electrons. The number of hydrogen-bond donors (Lipinski definition) is 2. The first kappa shape index (κ1) is 25.5. The number of carbonyl (C=O) groups excluding carboxylic acids is 2. The molecule has 0 heterocycles. The Morgan fingerprint density at radius 3 is 2.09 bits per heavy atom. The van der Waals surface area contributed by atoms with Gasteiger partial charge in [0.05, 0.1) is 4.90 Å². The summed E-state index contributed by atoms with van der Waals surface area (Å²) in [6.07, 6.45) is 0. The van der Waals surface area contributed by atoms with Crippen molar-refractivity contribution in [3.63, 3.8) is 0 Å². The lowest BCUT2D eigenvalue weighted by Gasteiger charge is -2.22. The molecule has 0 aliphatic carbocycles. The van der Waals surface area contributed by atoms with Crippen LogP contribution in [0.1, 0.15) is 49.2 Å². The average Bonchev–Trinajstić information content (AvgIpc) is 2.71. The van der Waals surface area contributed by atoms with Crippen molar-refractivity contribution < 1.29 is 18.0 Å². The van der Waals surface area contributed by atoms with Crippen molar-refractivity contribution >= 4 is 27.5 Å². The summed E-state index contributed by atoms with van der Waals surface area (Å²) in [5.74, 6) is -1.01. The Morgan fingerprint density at radius 2 is 1.56 bits per heavy atom. The quantitative estimate of drug-likeness (QED) is 0.597. The van der Waals surface area contributed by atoms with E-state index in [1.54, 1.807) is 13.8 Å². The molecule has 0 aliphatic heterocycles. The van der Waals surface area contributed by atoms with Gasteiger partial charge in [0.15, 0.2) is 0 Å². The molecular formula is C24H33N3O4S. The highest BCUT2D eigenvalue weighted by molar-refractivity contribution is 7.89. The normalized spacial score (nSPS) is 12.6. The summed E-state index contributed by atoms with van der Waals surface area (Å²) in [7, 11) is -3.69. The Morgan fingerprint density at radius 1 is 0.969 bits per heavy atom. The van der Waals surface area contributed by atoms with Crippen LogP contribution >= 0.6 is 0 Å². The SMILES string of the molecule is CCN(CC)S(=O)(=O)c1cccc(C(=O)NC(C(=O)Nc2cc(C)cc(C)c2)C(C)C)c1. The third kappa shape index (κ3) is 6.17. The highest BCUT2D eigenvalue weighted by atomic mass is 32.2. The first-order valence-corrected chi connectivity index (χ1v) is 12.2. The minimum absolute atomic E-state index is 0.0506. The number of nitrogens with zero attached hydrogens (tertiary/aromatic N) is 1. The van der Waals surface area contributed by atoms with Gasteiger partial charge < -0.3 is 10.6 Å². The monoisotopic (exact) mass is 459 g/mol. The zero-order chi connectivity index (χ0) is 24.1. The number of rotatable bonds is 9. The Labute approximate surface area is 191 Å². The molecule has 0 saturated carbocycles. The molecule has 2 amide bonds. The van der Waals surface area contributed by atoms with Gasteiger partial charge in [-0.2, -0.15) is 4.31 Å². The highest BCUT2D eigenvalue weighted by Crippen LogP contribution is 2.18. The maximum atomic E-state index is 12.9. The lowest BCUT2D eigenvalue weighted by molar-refractivity contribution is -0.118. The molecule has 32 heavy (non-hydrogen) atoms. The first-order valence-electron chi connectivity index (χ1n) is 10.8. The Bertz CT molecular complexity index is 1060. The molecule has 0 spiro atoms. The fourth-order valence-corrected chi connectivity index (χ4v) is 5.04. The summed E-state index contributed by atoms with van der Waals surface area (Å²) in [5, 5.41) is 5.63. The average molecular weight is 460 g/mol. The van der Waals surface area contributed by atoms with Crippen LogP contribution in [0.2, 0.25) is 0 Å². The van der Waals surface area contributed by atoms with Crippen molar-refractivity contribution in [3.05, 3.63) is 59.2 Å². The van der Waals surface area contributed by atoms with Crippen LogP contribution < -0.4 is 10.6 Å². The molecule has 0 bridgehead atoms. The molecule has 8 heteroatoms. The minimum atomic E-state index is -3.69. The van der Waals surface area contributed by atoms with Crippen LogP contribution in [-0.2, 0) is 14.8 Å². The maximum Gasteiger partial charge on any atom is 0.251 e. The molecule has 0 aliphatic rings. The fraction of sp³-hybridized carbons (Fsp3) is 0.417. The van der Waals surface area contributed by atoms with Crippen LogP contribution in [0.3, 0.4) is 0 Å². The van der Waals surface area contributed by atoms with Crippen molar-refractivity contribution in [3.8, 4) is 0 Å². The van der Waals surface area contributed by atoms with Crippen LogP contribution in [0.4, 0.5) is 5.69 Å². The van der Waals surface area contributed by atoms with E-state index in [4.69, 9.17) is 0 Å². The van der Waals surface area contributed by atoms with E-state index in [0.29, 0.717) is 18.8 Å². The molecule has 0 fully saturated rings. The second-order valence-electron chi connectivity index (χ2n) is 8.18. The minimum Gasteiger partial charge on any atom is -0.340 e. The van der Waals surface area contributed by atoms with Crippen molar-refractivity contribution in [1.82, 2.24) is 9.62 Å². The molecular weight excluding hydrogens is 426 g/mol. The molecule has 7 nitrogen and oxygen atoms in total. The third-order valence-electron chi connectivity index (χ3n) is 5.16. The van der Waals surface area contributed by atoms with Crippen LogP contribution in [-0.4, -0.2) is 43.7 Å². The number of anilines is 1. The predicted octanol–water partition coefficient (Wildman–Crippen LogP) is 3.73. The molecule has 2 aromatic rings. The van der Waals surface area contributed by atoms with Gasteiger partial charge in [0.25, 0.3) is 5.91 Å². The standard InChI is InChI=1S/C24H33N3O4S/c1-7-27(8-2)32(30,31)21-11-9-10-19(15-21)23(28)26-22(16(3)4)24(29)25-20-13-17(5)12-18(6)14-20/h9-16,22H,7-8H2,1-6H3,(H,25,29)(H,26,28). The summed E-state index contributed by atoms with van der Waals surface area (Å²) in [6.45, 7) is 11.8. The van der Waals surface area contributed by atoms with E-state index in [-0.39, 0.29) is 22.3 Å². The van der Waals surface area contributed by atoms with Gasteiger partial charge >= 0.3 is 0 Å². The van der Waals surface area contributed by atoms with Crippen molar-refractivity contribution in [1.29, 1.82) is 0 Å². The van der Waals surface area contributed by atoms with E-state index in [2.05, 4.69) is 10.6 Å². The van der Waals surface area contributed by atoms with E-state index >= 15 is 0 Å². The molecule has 0 saturated heterocycles. The van der Waals surface area contributed by atoms with Gasteiger partial charge in [0.2, 0.25) is 15.9 Å². The summed E-state index contributed by atoms with van der Waals surface area (Å²) in [5.41, 5.74) is 2.90. The van der Waals surface area contributed by atoms with Gasteiger partial charge in [0.1, 0.15) is 6.04 Å². The van der Waals surface area contributed by atoms with Crippen molar-refractivity contribution in [2.45, 2.75) is 52.5 Å². The number of carbonyl (C=O) groups is 2. The topological polar surface area (TPSA) is 95.6 Å². The summed E-state index contributed by atoms with van der Waals surface area (Å²) in [6, 6.07) is 10.8. The molecule has 0 aromatic heterocycles. The van der Waals surface area contributed by atoms with Gasteiger partial charge in [0, 0.05) is 24.3 Å². The maximum absolute atomic E-state index is 12.9. The number of aryl methyl sites for hydroxylation is 2. The zero-order valence-electron chi connectivity index (χ0n) is 19.6. The molecule has 174 valence electrons. The summed E-state index contributed by atoms with van der Waals surface area (Å²) in [4.78, 5) is 25.9. The molecule has 2 N–H and O–H groups in total. The fourth-order valence-electron chi connectivity index (χ4n) is 3.54. The van der Waals surface area contributed by atoms with E-state index in [1.807, 2.05) is 45.9 Å². The lowest BCUT2D eigenvalue weighted by atomic mass is 10.0. The number of sulfonamides is 1. The van der Waals surface area contributed by atoms with E-state index in [9.17, 15) is 18.0 Å². The Kier molecular flexibility index (Phi) is 8.58. The van der Waals surface area contributed by atoms with E-state index < -0.39 is 22.0 Å². The Balaban J connectivity index is 2.24. The summed E-state index contributed by atoms with van der Waals surface area (Å²) < 4.78 is 26.9. The molecule has 2 rings (SSSR count). The lowest BCUT2D eigenvalue weighted by Crippen LogP contribution is -2.47.